The number of aliphatic hydroxyl groups excluding tert-OH is 1. The Balaban J connectivity index is 2.04. The van der Waals surface area contributed by atoms with Gasteiger partial charge in [0.05, 0.1) is 25.8 Å². The predicted octanol–water partition coefficient (Wildman–Crippen LogP) is 3.86. The molecule has 0 radical (unpaired) electrons. The number of nitrogens with zero attached hydrogens (tertiary/aromatic N) is 2. The van der Waals surface area contributed by atoms with Crippen LogP contribution in [-0.2, 0) is 9.59 Å². The molecule has 2 aromatic rings. The molecule has 1 fully saturated rings. The summed E-state index contributed by atoms with van der Waals surface area (Å²) in [5.41, 5.74) is 1.25. The summed E-state index contributed by atoms with van der Waals surface area (Å²) in [7, 11) is 3.11. The first kappa shape index (κ1) is 24.3. The summed E-state index contributed by atoms with van der Waals surface area (Å²) in [5, 5.41) is 11.2. The van der Waals surface area contributed by atoms with E-state index in [1.54, 1.807) is 48.4 Å². The molecular weight excluding hydrogens is 420 g/mol. The van der Waals surface area contributed by atoms with E-state index in [0.717, 1.165) is 31.6 Å². The Hall–Kier alpha value is -3.32. The molecule has 33 heavy (non-hydrogen) atoms. The summed E-state index contributed by atoms with van der Waals surface area (Å²) in [6.45, 7) is 7.27. The quantitative estimate of drug-likeness (QED) is 0.335. The lowest BCUT2D eigenvalue weighted by Gasteiger charge is -2.27. The number of rotatable bonds is 10. The molecular formula is C26H32N2O5. The van der Waals surface area contributed by atoms with Gasteiger partial charge in [-0.05, 0) is 55.9 Å². The molecule has 1 saturated heterocycles. The number of Topliss-reactive ketones (excluding diaryl/α,β-unsaturated/α-hetero) is 1. The van der Waals surface area contributed by atoms with Crippen LogP contribution in [0.4, 0.5) is 0 Å². The van der Waals surface area contributed by atoms with Crippen molar-refractivity contribution in [1.29, 1.82) is 0 Å². The Kier molecular flexibility index (Phi) is 8.11. The van der Waals surface area contributed by atoms with Crippen molar-refractivity contribution in [2.24, 2.45) is 0 Å². The van der Waals surface area contributed by atoms with Crippen LogP contribution in [0.1, 0.15) is 37.4 Å². The van der Waals surface area contributed by atoms with Crippen LogP contribution in [0.25, 0.3) is 5.76 Å². The minimum atomic E-state index is -0.682. The van der Waals surface area contributed by atoms with Crippen LogP contribution in [0, 0.1) is 0 Å². The van der Waals surface area contributed by atoms with Gasteiger partial charge in [0.15, 0.2) is 0 Å². The molecule has 1 N–H and O–H groups in total. The van der Waals surface area contributed by atoms with Crippen molar-refractivity contribution in [3.05, 3.63) is 65.2 Å². The zero-order valence-corrected chi connectivity index (χ0v) is 19.7. The van der Waals surface area contributed by atoms with E-state index in [2.05, 4.69) is 18.7 Å². The van der Waals surface area contributed by atoms with Gasteiger partial charge in [-0.1, -0.05) is 38.1 Å². The number of hydrogen-bond donors (Lipinski definition) is 1. The van der Waals surface area contributed by atoms with Crippen LogP contribution in [-0.4, -0.2) is 67.0 Å². The molecule has 3 rings (SSSR count). The summed E-state index contributed by atoms with van der Waals surface area (Å²) in [6, 6.07) is 13.4. The van der Waals surface area contributed by atoms with E-state index in [4.69, 9.17) is 9.47 Å². The van der Waals surface area contributed by atoms with Gasteiger partial charge >= 0.3 is 0 Å². The van der Waals surface area contributed by atoms with Gasteiger partial charge in [-0.3, -0.25) is 9.59 Å². The van der Waals surface area contributed by atoms with E-state index < -0.39 is 17.7 Å². The van der Waals surface area contributed by atoms with Gasteiger partial charge in [0.1, 0.15) is 17.3 Å². The van der Waals surface area contributed by atoms with Crippen LogP contribution in [0.2, 0.25) is 0 Å². The van der Waals surface area contributed by atoms with Crippen LogP contribution in [0.15, 0.2) is 54.1 Å². The number of benzene rings is 2. The number of likely N-dealkylation sites (tertiary alicyclic amines) is 1. The van der Waals surface area contributed by atoms with Crippen molar-refractivity contribution < 1.29 is 24.2 Å². The first-order chi connectivity index (χ1) is 15.9. The largest absolute Gasteiger partial charge is 0.507 e. The van der Waals surface area contributed by atoms with Crippen LogP contribution in [0.3, 0.4) is 0 Å². The highest BCUT2D eigenvalue weighted by Gasteiger charge is 2.45. The zero-order valence-electron chi connectivity index (χ0n) is 19.7. The smallest absolute Gasteiger partial charge is 0.295 e. The standard InChI is InChI=1S/C26H32N2O5/c1-5-27(6-2)15-8-16-28-23(18-11-13-20(32-3)14-12-18)22(25(30)26(28)31)24(29)19-9-7-10-21(17-19)33-4/h7,9-14,17,23,29H,5-6,8,15-16H2,1-4H3/b24-22+. The second kappa shape index (κ2) is 11.0. The maximum Gasteiger partial charge on any atom is 0.295 e. The Morgan fingerprint density at radius 2 is 1.67 bits per heavy atom. The lowest BCUT2D eigenvalue weighted by molar-refractivity contribution is -0.140. The number of aliphatic hydroxyl groups is 1. The third-order valence-electron chi connectivity index (χ3n) is 6.08. The Bertz CT molecular complexity index is 1010. The Morgan fingerprint density at radius 3 is 2.27 bits per heavy atom. The van der Waals surface area contributed by atoms with E-state index in [9.17, 15) is 14.7 Å². The molecule has 0 aromatic heterocycles. The van der Waals surface area contributed by atoms with Crippen molar-refractivity contribution >= 4 is 17.4 Å². The summed E-state index contributed by atoms with van der Waals surface area (Å²) in [5.74, 6) is -0.267. The summed E-state index contributed by atoms with van der Waals surface area (Å²) in [4.78, 5) is 30.0. The highest BCUT2D eigenvalue weighted by atomic mass is 16.5. The highest BCUT2D eigenvalue weighted by Crippen LogP contribution is 2.40. The normalized spacial score (nSPS) is 17.6. The molecule has 1 aliphatic heterocycles. The molecule has 0 aliphatic carbocycles. The number of ether oxygens (including phenoxy) is 2. The monoisotopic (exact) mass is 452 g/mol. The van der Waals surface area contributed by atoms with Gasteiger partial charge in [0.25, 0.3) is 11.7 Å². The molecule has 1 atom stereocenters. The summed E-state index contributed by atoms with van der Waals surface area (Å²) >= 11 is 0. The maximum atomic E-state index is 13.1. The number of ketones is 1. The SMILES string of the molecule is CCN(CC)CCCN1C(=O)C(=O)/C(=C(/O)c2cccc(OC)c2)C1c1ccc(OC)cc1. The minimum Gasteiger partial charge on any atom is -0.507 e. The van der Waals surface area contributed by atoms with Crippen LogP contribution in [0.5, 0.6) is 11.5 Å². The number of amides is 1. The van der Waals surface area contributed by atoms with E-state index in [0.29, 0.717) is 23.6 Å². The molecule has 7 nitrogen and oxygen atoms in total. The number of carbonyl (C=O) groups is 2. The molecule has 1 aliphatic rings. The van der Waals surface area contributed by atoms with Crippen molar-refractivity contribution in [3.63, 3.8) is 0 Å². The Morgan fingerprint density at radius 1 is 1.00 bits per heavy atom. The fraction of sp³-hybridized carbons (Fsp3) is 0.385. The fourth-order valence-electron chi connectivity index (χ4n) is 4.17. The molecule has 1 amide bonds. The van der Waals surface area contributed by atoms with Crippen molar-refractivity contribution in [3.8, 4) is 11.5 Å². The maximum absolute atomic E-state index is 13.1. The van der Waals surface area contributed by atoms with Gasteiger partial charge in [-0.2, -0.15) is 0 Å². The molecule has 7 heteroatoms. The number of carbonyl (C=O) groups excluding carboxylic acids is 2. The summed E-state index contributed by atoms with van der Waals surface area (Å²) in [6.07, 6.45) is 0.723. The van der Waals surface area contributed by atoms with Crippen molar-refractivity contribution in [2.45, 2.75) is 26.3 Å². The average molecular weight is 453 g/mol. The van der Waals surface area contributed by atoms with Crippen molar-refractivity contribution in [2.75, 3.05) is 40.4 Å². The molecule has 0 saturated carbocycles. The first-order valence-corrected chi connectivity index (χ1v) is 11.2. The van der Waals surface area contributed by atoms with E-state index in [1.165, 1.54) is 7.11 Å². The fourth-order valence-corrected chi connectivity index (χ4v) is 4.17. The second-order valence-electron chi connectivity index (χ2n) is 7.88. The third-order valence-corrected chi connectivity index (χ3v) is 6.08. The van der Waals surface area contributed by atoms with E-state index in [-0.39, 0.29) is 11.3 Å². The zero-order chi connectivity index (χ0) is 24.0. The molecule has 0 bridgehead atoms. The number of hydrogen-bond acceptors (Lipinski definition) is 6. The highest BCUT2D eigenvalue weighted by molar-refractivity contribution is 6.46. The molecule has 176 valence electrons. The van der Waals surface area contributed by atoms with Gasteiger partial charge in [-0.25, -0.2) is 0 Å². The summed E-state index contributed by atoms with van der Waals surface area (Å²) < 4.78 is 10.5. The van der Waals surface area contributed by atoms with Gasteiger partial charge in [0, 0.05) is 12.1 Å². The third kappa shape index (κ3) is 5.20. The van der Waals surface area contributed by atoms with Gasteiger partial charge in [0.2, 0.25) is 0 Å². The average Bonchev–Trinajstić information content (AvgIpc) is 3.11. The van der Waals surface area contributed by atoms with E-state index >= 15 is 0 Å². The topological polar surface area (TPSA) is 79.3 Å². The van der Waals surface area contributed by atoms with Gasteiger partial charge < -0.3 is 24.4 Å². The minimum absolute atomic E-state index is 0.0845. The van der Waals surface area contributed by atoms with Crippen LogP contribution < -0.4 is 9.47 Å². The molecule has 1 unspecified atom stereocenters. The molecule has 2 aromatic carbocycles. The molecule has 1 heterocycles. The molecule has 0 spiro atoms. The first-order valence-electron chi connectivity index (χ1n) is 11.2. The van der Waals surface area contributed by atoms with E-state index in [1.807, 2.05) is 12.1 Å². The van der Waals surface area contributed by atoms with Crippen molar-refractivity contribution in [1.82, 2.24) is 9.80 Å². The Labute approximate surface area is 195 Å². The lowest BCUT2D eigenvalue weighted by Crippen LogP contribution is -2.33. The van der Waals surface area contributed by atoms with Crippen LogP contribution >= 0.6 is 0 Å². The lowest BCUT2D eigenvalue weighted by atomic mass is 9.95. The second-order valence-corrected chi connectivity index (χ2v) is 7.88. The van der Waals surface area contributed by atoms with Gasteiger partial charge in [-0.15, -0.1) is 0 Å². The number of methoxy groups -OCH3 is 2. The predicted molar refractivity (Wildman–Crippen MR) is 127 cm³/mol.